The highest BCUT2D eigenvalue weighted by Gasteiger charge is 2.14. The molecule has 5 heteroatoms. The molecule has 0 saturated carbocycles. The lowest BCUT2D eigenvalue weighted by molar-refractivity contribution is 0.575. The number of benzene rings is 1. The molecule has 0 aliphatic carbocycles. The Morgan fingerprint density at radius 3 is 2.76 bits per heavy atom. The summed E-state index contributed by atoms with van der Waals surface area (Å²) < 4.78 is 3.52. The second-order valence-electron chi connectivity index (χ2n) is 5.28. The fraction of sp³-hybridized carbons (Fsp3) is 0.562. The van der Waals surface area contributed by atoms with E-state index in [1.807, 2.05) is 18.7 Å². The molecule has 0 spiro atoms. The summed E-state index contributed by atoms with van der Waals surface area (Å²) in [6, 6.07) is 6.44. The number of hydrogen-bond donors (Lipinski definition) is 0. The van der Waals surface area contributed by atoms with Crippen molar-refractivity contribution in [3.05, 3.63) is 27.6 Å². The number of aryl methyl sites for hydroxylation is 1. The number of alkyl halides is 1. The van der Waals surface area contributed by atoms with Gasteiger partial charge in [-0.2, -0.15) is 11.8 Å². The van der Waals surface area contributed by atoms with Gasteiger partial charge in [0.25, 0.3) is 0 Å². The third kappa shape index (κ3) is 4.76. The predicted molar refractivity (Wildman–Crippen MR) is 104 cm³/mol. The molecule has 0 saturated heterocycles. The lowest BCUT2D eigenvalue weighted by Gasteiger charge is -2.10. The topological polar surface area (TPSA) is 17.8 Å². The molecule has 0 aliphatic heterocycles. The minimum Gasteiger partial charge on any atom is -0.327 e. The summed E-state index contributed by atoms with van der Waals surface area (Å²) in [7, 11) is 0. The molecule has 0 fully saturated rings. The number of rotatable bonds is 8. The van der Waals surface area contributed by atoms with E-state index in [4.69, 9.17) is 16.6 Å². The molecule has 0 N–H and O–H groups in total. The highest BCUT2D eigenvalue weighted by atomic mass is 127. The summed E-state index contributed by atoms with van der Waals surface area (Å²) in [5.74, 6) is 2.27. The SMILES string of the molecule is CSCCCCCCn1c(C(C)Cl)nc2cc(I)ccc21. The summed E-state index contributed by atoms with van der Waals surface area (Å²) in [4.78, 5) is 4.72. The Balaban J connectivity index is 2.08. The maximum absolute atomic E-state index is 6.31. The maximum atomic E-state index is 6.31. The van der Waals surface area contributed by atoms with Crippen LogP contribution in [0.1, 0.15) is 43.8 Å². The van der Waals surface area contributed by atoms with Crippen molar-refractivity contribution in [2.45, 2.75) is 44.5 Å². The average Bonchev–Trinajstić information content (AvgIpc) is 2.80. The van der Waals surface area contributed by atoms with E-state index >= 15 is 0 Å². The molecular formula is C16H22ClIN2S. The average molecular weight is 437 g/mol. The third-order valence-electron chi connectivity index (χ3n) is 3.58. The molecule has 0 bridgehead atoms. The monoisotopic (exact) mass is 436 g/mol. The fourth-order valence-corrected chi connectivity index (χ4v) is 3.66. The Hall–Kier alpha value is 0.0600. The van der Waals surface area contributed by atoms with Crippen molar-refractivity contribution in [2.75, 3.05) is 12.0 Å². The van der Waals surface area contributed by atoms with E-state index in [0.29, 0.717) is 0 Å². The van der Waals surface area contributed by atoms with Gasteiger partial charge >= 0.3 is 0 Å². The predicted octanol–water partition coefficient (Wildman–Crippen LogP) is 5.86. The van der Waals surface area contributed by atoms with Crippen LogP contribution in [0.3, 0.4) is 0 Å². The minimum atomic E-state index is -0.0495. The van der Waals surface area contributed by atoms with Crippen LogP contribution in [0.15, 0.2) is 18.2 Å². The van der Waals surface area contributed by atoms with Crippen LogP contribution in [0, 0.1) is 3.57 Å². The lowest BCUT2D eigenvalue weighted by Crippen LogP contribution is -2.04. The lowest BCUT2D eigenvalue weighted by atomic mass is 10.2. The fourth-order valence-electron chi connectivity index (χ4n) is 2.53. The van der Waals surface area contributed by atoms with Crippen LogP contribution in [0.25, 0.3) is 11.0 Å². The van der Waals surface area contributed by atoms with Gasteiger partial charge in [-0.3, -0.25) is 0 Å². The molecule has 0 aliphatic rings. The zero-order valence-corrected chi connectivity index (χ0v) is 16.3. The normalized spacial score (nSPS) is 13.0. The Morgan fingerprint density at radius 1 is 1.29 bits per heavy atom. The minimum absolute atomic E-state index is 0.0495. The van der Waals surface area contributed by atoms with Gasteiger partial charge in [0.2, 0.25) is 0 Å². The van der Waals surface area contributed by atoms with Crippen LogP contribution in [-0.2, 0) is 6.54 Å². The molecule has 0 radical (unpaired) electrons. The standard InChI is InChI=1S/C16H22ClIN2S/c1-12(17)16-19-14-11-13(18)7-8-15(14)20(16)9-5-3-4-6-10-21-2/h7-8,11-12H,3-6,9-10H2,1-2H3. The van der Waals surface area contributed by atoms with Crippen molar-refractivity contribution in [1.82, 2.24) is 9.55 Å². The first kappa shape index (κ1) is 17.4. The van der Waals surface area contributed by atoms with Gasteiger partial charge in [0.1, 0.15) is 5.82 Å². The van der Waals surface area contributed by atoms with E-state index in [9.17, 15) is 0 Å². The van der Waals surface area contributed by atoms with Crippen LogP contribution in [0.5, 0.6) is 0 Å². The van der Waals surface area contributed by atoms with E-state index in [2.05, 4.69) is 51.6 Å². The van der Waals surface area contributed by atoms with Crippen molar-refractivity contribution in [3.63, 3.8) is 0 Å². The van der Waals surface area contributed by atoms with Crippen molar-refractivity contribution in [2.24, 2.45) is 0 Å². The van der Waals surface area contributed by atoms with E-state index < -0.39 is 0 Å². The number of nitrogens with zero attached hydrogens (tertiary/aromatic N) is 2. The molecular weight excluding hydrogens is 415 g/mol. The molecule has 1 aromatic heterocycles. The third-order valence-corrected chi connectivity index (χ3v) is 5.14. The van der Waals surface area contributed by atoms with Crippen LogP contribution in [0.2, 0.25) is 0 Å². The molecule has 116 valence electrons. The van der Waals surface area contributed by atoms with Gasteiger partial charge in [-0.1, -0.05) is 12.8 Å². The highest BCUT2D eigenvalue weighted by Crippen LogP contribution is 2.26. The molecule has 1 unspecified atom stereocenters. The molecule has 2 aromatic rings. The molecule has 1 heterocycles. The summed E-state index contributed by atoms with van der Waals surface area (Å²) in [6.45, 7) is 3.02. The Morgan fingerprint density at radius 2 is 2.05 bits per heavy atom. The smallest absolute Gasteiger partial charge is 0.127 e. The quantitative estimate of drug-likeness (QED) is 0.293. The number of unbranched alkanes of at least 4 members (excludes halogenated alkanes) is 3. The summed E-state index contributed by atoms with van der Waals surface area (Å²) in [5, 5.41) is -0.0495. The summed E-state index contributed by atoms with van der Waals surface area (Å²) in [5.41, 5.74) is 2.27. The van der Waals surface area contributed by atoms with E-state index in [0.717, 1.165) is 17.9 Å². The number of halogens is 2. The maximum Gasteiger partial charge on any atom is 0.127 e. The number of thioether (sulfide) groups is 1. The van der Waals surface area contributed by atoms with Crippen LogP contribution < -0.4 is 0 Å². The number of fused-ring (bicyclic) bond motifs is 1. The first-order valence-corrected chi connectivity index (χ1v) is 10.3. The molecule has 21 heavy (non-hydrogen) atoms. The zero-order chi connectivity index (χ0) is 15.2. The highest BCUT2D eigenvalue weighted by molar-refractivity contribution is 14.1. The second kappa shape index (κ2) is 8.63. The number of imidazole rings is 1. The van der Waals surface area contributed by atoms with Gasteiger partial charge in [-0.25, -0.2) is 4.98 Å². The molecule has 1 aromatic carbocycles. The van der Waals surface area contributed by atoms with Crippen LogP contribution >= 0.6 is 46.0 Å². The summed E-state index contributed by atoms with van der Waals surface area (Å²) >= 11 is 10.6. The van der Waals surface area contributed by atoms with Gasteiger partial charge in [0.05, 0.1) is 16.4 Å². The number of aromatic nitrogens is 2. The van der Waals surface area contributed by atoms with Crippen molar-refractivity contribution >= 4 is 57.0 Å². The Bertz CT molecular complexity index is 583. The second-order valence-corrected chi connectivity index (χ2v) is 8.16. The van der Waals surface area contributed by atoms with Crippen LogP contribution in [-0.4, -0.2) is 21.6 Å². The van der Waals surface area contributed by atoms with Crippen molar-refractivity contribution in [3.8, 4) is 0 Å². The van der Waals surface area contributed by atoms with Gasteiger partial charge in [0.15, 0.2) is 0 Å². The zero-order valence-electron chi connectivity index (χ0n) is 12.6. The molecule has 1 atom stereocenters. The van der Waals surface area contributed by atoms with Crippen molar-refractivity contribution < 1.29 is 0 Å². The van der Waals surface area contributed by atoms with Gasteiger partial charge in [-0.05, 0) is 72.6 Å². The summed E-state index contributed by atoms with van der Waals surface area (Å²) in [6.07, 6.45) is 7.29. The van der Waals surface area contributed by atoms with Crippen LogP contribution in [0.4, 0.5) is 0 Å². The van der Waals surface area contributed by atoms with Gasteiger partial charge in [0, 0.05) is 10.1 Å². The van der Waals surface area contributed by atoms with E-state index in [1.54, 1.807) is 0 Å². The largest absolute Gasteiger partial charge is 0.327 e. The first-order chi connectivity index (χ1) is 10.1. The number of hydrogen-bond acceptors (Lipinski definition) is 2. The van der Waals surface area contributed by atoms with Gasteiger partial charge in [-0.15, -0.1) is 11.6 Å². The molecule has 2 nitrogen and oxygen atoms in total. The van der Waals surface area contributed by atoms with E-state index in [-0.39, 0.29) is 5.38 Å². The Kier molecular flexibility index (Phi) is 7.16. The van der Waals surface area contributed by atoms with Crippen molar-refractivity contribution in [1.29, 1.82) is 0 Å². The first-order valence-electron chi connectivity index (χ1n) is 7.42. The molecule has 2 rings (SSSR count). The van der Waals surface area contributed by atoms with Gasteiger partial charge < -0.3 is 4.57 Å². The Labute approximate surface area is 150 Å². The van der Waals surface area contributed by atoms with E-state index in [1.165, 1.54) is 40.5 Å². The molecule has 0 amide bonds.